The monoisotopic (exact) mass is 469 g/mol. The number of anilines is 3. The van der Waals surface area contributed by atoms with Crippen LogP contribution in [0.25, 0.3) is 10.9 Å². The molecule has 0 atom stereocenters. The van der Waals surface area contributed by atoms with Gasteiger partial charge in [0, 0.05) is 31.9 Å². The molecule has 0 amide bonds. The number of aromatic nitrogens is 4. The van der Waals surface area contributed by atoms with Gasteiger partial charge in [0.15, 0.2) is 0 Å². The first-order chi connectivity index (χ1) is 16.2. The Balaban J connectivity index is 1.38. The lowest BCUT2D eigenvalue weighted by Gasteiger charge is -2.27. The zero-order chi connectivity index (χ0) is 22.6. The van der Waals surface area contributed by atoms with Crippen molar-refractivity contribution in [2.45, 2.75) is 44.6 Å². The van der Waals surface area contributed by atoms with E-state index in [2.05, 4.69) is 25.4 Å². The molecule has 9 nitrogen and oxygen atoms in total. The van der Waals surface area contributed by atoms with Gasteiger partial charge in [0.05, 0.1) is 6.20 Å². The topological polar surface area (TPSA) is 99.3 Å². The number of H-pyrrole nitrogens is 1. The maximum atomic E-state index is 12.5. The molecule has 0 radical (unpaired) electrons. The second kappa shape index (κ2) is 9.93. The van der Waals surface area contributed by atoms with Crippen LogP contribution >= 0.6 is 11.8 Å². The Hall–Kier alpha value is -2.91. The van der Waals surface area contributed by atoms with Gasteiger partial charge >= 0.3 is 0 Å². The molecule has 2 aliphatic heterocycles. The number of benzene rings is 1. The normalized spacial score (nSPS) is 18.3. The van der Waals surface area contributed by atoms with Crippen molar-refractivity contribution in [2.24, 2.45) is 0 Å². The van der Waals surface area contributed by atoms with E-state index in [9.17, 15) is 4.79 Å². The third-order valence-corrected chi connectivity index (χ3v) is 6.54. The second-order valence-corrected chi connectivity index (χ2v) is 9.09. The molecule has 174 valence electrons. The molecule has 2 fully saturated rings. The predicted molar refractivity (Wildman–Crippen MR) is 129 cm³/mol. The molecular formula is C23H28ClN7O2. The molecule has 2 aliphatic rings. The number of rotatable bonds is 5. The lowest BCUT2D eigenvalue weighted by atomic mass is 10.1. The SMILES string of the molecule is O=c1[nH]ncc2nc(N3CCCCCC3)nc(Nc3ccc(OC4CCN(Cl)CC4)cc3)c12. The predicted octanol–water partition coefficient (Wildman–Crippen LogP) is 3.83. The fourth-order valence-corrected chi connectivity index (χ4v) is 4.58. The molecule has 0 bridgehead atoms. The highest BCUT2D eigenvalue weighted by atomic mass is 35.5. The highest BCUT2D eigenvalue weighted by Crippen LogP contribution is 2.27. The number of halogens is 1. The zero-order valence-corrected chi connectivity index (χ0v) is 19.2. The molecule has 3 aromatic rings. The fraction of sp³-hybridized carbons (Fsp3) is 0.478. The average Bonchev–Trinajstić information content (AvgIpc) is 3.11. The van der Waals surface area contributed by atoms with E-state index in [0.29, 0.717) is 22.7 Å². The lowest BCUT2D eigenvalue weighted by molar-refractivity contribution is 0.136. The molecular weight excluding hydrogens is 442 g/mol. The van der Waals surface area contributed by atoms with E-state index in [1.54, 1.807) is 10.6 Å². The molecule has 0 aliphatic carbocycles. The van der Waals surface area contributed by atoms with Crippen LogP contribution in [0.2, 0.25) is 0 Å². The summed E-state index contributed by atoms with van der Waals surface area (Å²) in [5.41, 5.74) is 1.03. The second-order valence-electron chi connectivity index (χ2n) is 8.61. The Kier molecular flexibility index (Phi) is 6.59. The smallest absolute Gasteiger partial charge is 0.277 e. The molecule has 2 aromatic heterocycles. The number of hydrogen-bond donors (Lipinski definition) is 2. The Morgan fingerprint density at radius 2 is 1.73 bits per heavy atom. The van der Waals surface area contributed by atoms with Crippen molar-refractivity contribution in [2.75, 3.05) is 36.4 Å². The van der Waals surface area contributed by atoms with Gasteiger partial charge in [-0.2, -0.15) is 10.1 Å². The van der Waals surface area contributed by atoms with E-state index in [-0.39, 0.29) is 11.7 Å². The number of nitrogens with zero attached hydrogens (tertiary/aromatic N) is 5. The number of piperidine rings is 1. The van der Waals surface area contributed by atoms with Gasteiger partial charge in [-0.15, -0.1) is 0 Å². The van der Waals surface area contributed by atoms with Crippen LogP contribution in [0.5, 0.6) is 5.75 Å². The molecule has 0 spiro atoms. The van der Waals surface area contributed by atoms with Crippen LogP contribution in [-0.4, -0.2) is 56.9 Å². The maximum absolute atomic E-state index is 12.5. The summed E-state index contributed by atoms with van der Waals surface area (Å²) in [7, 11) is 0. The van der Waals surface area contributed by atoms with E-state index in [1.165, 1.54) is 12.8 Å². The van der Waals surface area contributed by atoms with Crippen LogP contribution in [-0.2, 0) is 0 Å². The van der Waals surface area contributed by atoms with Gasteiger partial charge in [0.1, 0.15) is 28.6 Å². The van der Waals surface area contributed by atoms with Crippen LogP contribution in [0.4, 0.5) is 17.5 Å². The van der Waals surface area contributed by atoms with Crippen LogP contribution in [0.15, 0.2) is 35.3 Å². The molecule has 33 heavy (non-hydrogen) atoms. The molecule has 1 aromatic carbocycles. The number of fused-ring (bicyclic) bond motifs is 1. The summed E-state index contributed by atoms with van der Waals surface area (Å²) in [5.74, 6) is 1.92. The standard InChI is InChI=1S/C23H28ClN7O2/c24-31-13-9-18(10-14-31)33-17-7-5-16(6-8-17)26-21-20-19(15-25-29-22(20)32)27-23(28-21)30-11-3-1-2-4-12-30/h5-8,15,18H,1-4,9-14H2,(H,29,32)(H,26,27,28). The van der Waals surface area contributed by atoms with Crippen molar-refractivity contribution >= 4 is 40.1 Å². The van der Waals surface area contributed by atoms with Crippen molar-refractivity contribution in [3.05, 3.63) is 40.8 Å². The summed E-state index contributed by atoms with van der Waals surface area (Å²) in [4.78, 5) is 24.1. The van der Waals surface area contributed by atoms with Crippen LogP contribution < -0.4 is 20.5 Å². The molecule has 2 N–H and O–H groups in total. The molecule has 5 rings (SSSR count). The minimum absolute atomic E-state index is 0.173. The average molecular weight is 470 g/mol. The van der Waals surface area contributed by atoms with Crippen molar-refractivity contribution in [3.63, 3.8) is 0 Å². The van der Waals surface area contributed by atoms with Gasteiger partial charge in [-0.25, -0.2) is 14.5 Å². The molecule has 2 saturated heterocycles. The van der Waals surface area contributed by atoms with Crippen LogP contribution in [0.3, 0.4) is 0 Å². The summed E-state index contributed by atoms with van der Waals surface area (Å²) >= 11 is 6.03. The quantitative estimate of drug-likeness (QED) is 0.544. The first-order valence-electron chi connectivity index (χ1n) is 11.6. The van der Waals surface area contributed by atoms with Gasteiger partial charge in [-0.1, -0.05) is 12.8 Å². The first-order valence-corrected chi connectivity index (χ1v) is 11.9. The first kappa shape index (κ1) is 21.9. The van der Waals surface area contributed by atoms with Crippen LogP contribution in [0, 0.1) is 0 Å². The van der Waals surface area contributed by atoms with E-state index in [1.807, 2.05) is 24.3 Å². The van der Waals surface area contributed by atoms with E-state index >= 15 is 0 Å². The van der Waals surface area contributed by atoms with Gasteiger partial charge in [0.2, 0.25) is 5.95 Å². The Morgan fingerprint density at radius 1 is 1.00 bits per heavy atom. The fourth-order valence-electron chi connectivity index (χ4n) is 4.38. The van der Waals surface area contributed by atoms with Crippen molar-refractivity contribution in [1.82, 2.24) is 24.6 Å². The van der Waals surface area contributed by atoms with E-state index < -0.39 is 0 Å². The number of hydrogen-bond acceptors (Lipinski definition) is 8. The summed E-state index contributed by atoms with van der Waals surface area (Å²) in [5, 5.41) is 10.1. The van der Waals surface area contributed by atoms with Gasteiger partial charge in [0.25, 0.3) is 5.56 Å². The maximum Gasteiger partial charge on any atom is 0.277 e. The summed E-state index contributed by atoms with van der Waals surface area (Å²) in [6.07, 6.45) is 8.23. The largest absolute Gasteiger partial charge is 0.490 e. The van der Waals surface area contributed by atoms with Crippen molar-refractivity contribution < 1.29 is 4.74 Å². The number of nitrogens with one attached hydrogen (secondary N) is 2. The highest BCUT2D eigenvalue weighted by molar-refractivity contribution is 6.13. The van der Waals surface area contributed by atoms with Gasteiger partial charge in [-0.05, 0) is 61.7 Å². The molecule has 0 unspecified atom stereocenters. The summed E-state index contributed by atoms with van der Waals surface area (Å²) in [6.45, 7) is 3.48. The highest BCUT2D eigenvalue weighted by Gasteiger charge is 2.20. The minimum Gasteiger partial charge on any atom is -0.490 e. The summed E-state index contributed by atoms with van der Waals surface area (Å²) in [6, 6.07) is 7.72. The van der Waals surface area contributed by atoms with E-state index in [0.717, 1.165) is 63.3 Å². The molecule has 4 heterocycles. The Bertz CT molecular complexity index is 1140. The van der Waals surface area contributed by atoms with Crippen LogP contribution in [0.1, 0.15) is 38.5 Å². The third kappa shape index (κ3) is 5.20. The summed E-state index contributed by atoms with van der Waals surface area (Å²) < 4.78 is 7.90. The molecule has 0 saturated carbocycles. The van der Waals surface area contributed by atoms with E-state index in [4.69, 9.17) is 21.5 Å². The number of aromatic amines is 1. The Labute approximate surface area is 197 Å². The van der Waals surface area contributed by atoms with Crippen molar-refractivity contribution in [3.8, 4) is 5.75 Å². The van der Waals surface area contributed by atoms with Gasteiger partial charge < -0.3 is 15.0 Å². The molecule has 10 heteroatoms. The minimum atomic E-state index is -0.317. The third-order valence-electron chi connectivity index (χ3n) is 6.20. The van der Waals surface area contributed by atoms with Crippen molar-refractivity contribution in [1.29, 1.82) is 0 Å². The van der Waals surface area contributed by atoms with Gasteiger partial charge in [-0.3, -0.25) is 4.79 Å². The Morgan fingerprint density at radius 3 is 2.45 bits per heavy atom. The number of ether oxygens (including phenoxy) is 1. The zero-order valence-electron chi connectivity index (χ0n) is 18.5. The lowest BCUT2D eigenvalue weighted by Crippen LogP contribution is -2.32.